The Balaban J connectivity index is 2.54. The Hall–Kier alpha value is -1.18. The molecule has 1 aromatic carbocycles. The van der Waals surface area contributed by atoms with Crippen LogP contribution in [0.25, 0.3) is 0 Å². The minimum atomic E-state index is 0.485. The van der Waals surface area contributed by atoms with Crippen molar-refractivity contribution >= 4 is 5.69 Å². The fourth-order valence-electron chi connectivity index (χ4n) is 0.881. The van der Waals surface area contributed by atoms with Crippen LogP contribution in [-0.4, -0.2) is 6.73 Å². The lowest BCUT2D eigenvalue weighted by Gasteiger charge is -1.90. The van der Waals surface area contributed by atoms with Crippen molar-refractivity contribution in [2.24, 2.45) is 0 Å². The van der Waals surface area contributed by atoms with Gasteiger partial charge in [0.1, 0.15) is 11.4 Å². The molecule has 0 amide bonds. The predicted octanol–water partition coefficient (Wildman–Crippen LogP) is 1.27. The lowest BCUT2D eigenvalue weighted by Crippen LogP contribution is -1.94. The van der Waals surface area contributed by atoms with Crippen LogP contribution < -0.4 is 10.1 Å². The molecule has 9 heavy (non-hydrogen) atoms. The Kier molecular flexibility index (Phi) is 0.859. The Morgan fingerprint density at radius 3 is 3.11 bits per heavy atom. The first-order valence-electron chi connectivity index (χ1n) is 2.86. The molecule has 0 atom stereocenters. The Morgan fingerprint density at radius 2 is 2.22 bits per heavy atom. The van der Waals surface area contributed by atoms with E-state index in [0.717, 1.165) is 11.4 Å². The second-order valence-electron chi connectivity index (χ2n) is 1.90. The Morgan fingerprint density at radius 1 is 1.33 bits per heavy atom. The summed E-state index contributed by atoms with van der Waals surface area (Å²) in [4.78, 5) is 0. The molecule has 1 aliphatic heterocycles. The minimum absolute atomic E-state index is 0.485. The molecule has 45 valence electrons. The summed E-state index contributed by atoms with van der Waals surface area (Å²) in [7, 11) is 0. The van der Waals surface area contributed by atoms with Crippen molar-refractivity contribution in [1.29, 1.82) is 0 Å². The van der Waals surface area contributed by atoms with Crippen molar-refractivity contribution in [3.8, 4) is 5.75 Å². The quantitative estimate of drug-likeness (QED) is 0.505. The first-order chi connectivity index (χ1) is 4.47. The van der Waals surface area contributed by atoms with Crippen molar-refractivity contribution < 1.29 is 4.74 Å². The summed E-state index contributed by atoms with van der Waals surface area (Å²) in [6, 6.07) is 7.77. The SMILES string of the molecule is c1ccc2c(c1)[N]CO2. The summed E-state index contributed by atoms with van der Waals surface area (Å²) in [6.45, 7) is 0.485. The maximum absolute atomic E-state index is 5.13. The van der Waals surface area contributed by atoms with Gasteiger partial charge < -0.3 is 4.74 Å². The summed E-state index contributed by atoms with van der Waals surface area (Å²) in [5, 5.41) is 4.08. The average molecular weight is 120 g/mol. The topological polar surface area (TPSA) is 23.3 Å². The van der Waals surface area contributed by atoms with Crippen LogP contribution in [0.5, 0.6) is 5.75 Å². The van der Waals surface area contributed by atoms with Crippen LogP contribution in [0.15, 0.2) is 24.3 Å². The van der Waals surface area contributed by atoms with Gasteiger partial charge in [0.15, 0.2) is 6.73 Å². The highest BCUT2D eigenvalue weighted by Gasteiger charge is 2.09. The number of hydrogen-bond donors (Lipinski definition) is 0. The van der Waals surface area contributed by atoms with E-state index in [0.29, 0.717) is 6.73 Å². The zero-order chi connectivity index (χ0) is 6.10. The summed E-state index contributed by atoms with van der Waals surface area (Å²) in [5.74, 6) is 0.900. The van der Waals surface area contributed by atoms with Crippen LogP contribution in [0.4, 0.5) is 5.69 Å². The lowest BCUT2D eigenvalue weighted by atomic mass is 10.3. The van der Waals surface area contributed by atoms with E-state index in [1.165, 1.54) is 0 Å². The van der Waals surface area contributed by atoms with Crippen LogP contribution in [0.3, 0.4) is 0 Å². The number of rotatable bonds is 0. The average Bonchev–Trinajstić information content (AvgIpc) is 2.33. The first-order valence-corrected chi connectivity index (χ1v) is 2.86. The molecule has 0 N–H and O–H groups in total. The molecule has 0 saturated carbocycles. The smallest absolute Gasteiger partial charge is 0.180 e. The summed E-state index contributed by atoms with van der Waals surface area (Å²) < 4.78 is 5.13. The molecule has 2 nitrogen and oxygen atoms in total. The van der Waals surface area contributed by atoms with Gasteiger partial charge in [-0.2, -0.15) is 0 Å². The fourth-order valence-corrected chi connectivity index (χ4v) is 0.881. The monoisotopic (exact) mass is 120 g/mol. The van der Waals surface area contributed by atoms with Gasteiger partial charge in [0.25, 0.3) is 0 Å². The zero-order valence-corrected chi connectivity index (χ0v) is 4.87. The Labute approximate surface area is 53.5 Å². The molecule has 0 saturated heterocycles. The number of nitrogens with zero attached hydrogens (tertiary/aromatic N) is 1. The Bertz CT molecular complexity index is 199. The molecule has 0 aliphatic carbocycles. The third-order valence-corrected chi connectivity index (χ3v) is 1.32. The number of ether oxygens (including phenoxy) is 1. The molecule has 0 bridgehead atoms. The molecule has 0 spiro atoms. The highest BCUT2D eigenvalue weighted by Crippen LogP contribution is 2.27. The largest absolute Gasteiger partial charge is 0.469 e. The molecule has 0 unspecified atom stereocenters. The predicted molar refractivity (Wildman–Crippen MR) is 33.7 cm³/mol. The molecule has 1 radical (unpaired) electrons. The van der Waals surface area contributed by atoms with E-state index >= 15 is 0 Å². The highest BCUT2D eigenvalue weighted by molar-refractivity contribution is 5.52. The molecule has 0 aromatic heterocycles. The van der Waals surface area contributed by atoms with Crippen LogP contribution >= 0.6 is 0 Å². The van der Waals surface area contributed by atoms with Crippen molar-refractivity contribution in [2.45, 2.75) is 0 Å². The molecule has 2 rings (SSSR count). The molecule has 0 fully saturated rings. The number of fused-ring (bicyclic) bond motifs is 1. The van der Waals surface area contributed by atoms with Gasteiger partial charge in [-0.25, -0.2) is 5.32 Å². The number of benzene rings is 1. The fraction of sp³-hybridized carbons (Fsp3) is 0.143. The van der Waals surface area contributed by atoms with Crippen LogP contribution in [-0.2, 0) is 0 Å². The van der Waals surface area contributed by atoms with E-state index < -0.39 is 0 Å². The van der Waals surface area contributed by atoms with E-state index in [9.17, 15) is 0 Å². The van der Waals surface area contributed by atoms with E-state index in [1.807, 2.05) is 24.3 Å². The van der Waals surface area contributed by atoms with E-state index in [-0.39, 0.29) is 0 Å². The second-order valence-corrected chi connectivity index (χ2v) is 1.90. The van der Waals surface area contributed by atoms with Gasteiger partial charge in [-0.15, -0.1) is 0 Å². The minimum Gasteiger partial charge on any atom is -0.469 e. The molecule has 2 heteroatoms. The van der Waals surface area contributed by atoms with Gasteiger partial charge in [0.2, 0.25) is 0 Å². The molecule has 1 aromatic rings. The van der Waals surface area contributed by atoms with Gasteiger partial charge in [-0.05, 0) is 12.1 Å². The van der Waals surface area contributed by atoms with Crippen molar-refractivity contribution in [3.63, 3.8) is 0 Å². The summed E-state index contributed by atoms with van der Waals surface area (Å²) in [6.07, 6.45) is 0. The molecular formula is C7H6NO. The van der Waals surface area contributed by atoms with E-state index in [4.69, 9.17) is 4.74 Å². The van der Waals surface area contributed by atoms with Gasteiger partial charge in [-0.1, -0.05) is 12.1 Å². The van der Waals surface area contributed by atoms with E-state index in [1.54, 1.807) is 0 Å². The van der Waals surface area contributed by atoms with Crippen molar-refractivity contribution in [2.75, 3.05) is 6.73 Å². The van der Waals surface area contributed by atoms with Gasteiger partial charge >= 0.3 is 0 Å². The van der Waals surface area contributed by atoms with Gasteiger partial charge in [0.05, 0.1) is 0 Å². The van der Waals surface area contributed by atoms with E-state index in [2.05, 4.69) is 5.32 Å². The third-order valence-electron chi connectivity index (χ3n) is 1.32. The first kappa shape index (κ1) is 4.68. The summed E-state index contributed by atoms with van der Waals surface area (Å²) in [5.41, 5.74) is 0.970. The standard InChI is InChI=1S/C7H6NO/c1-2-4-7-6(3-1)8-5-9-7/h1-4H,5H2. The molecule has 1 heterocycles. The van der Waals surface area contributed by atoms with Gasteiger partial charge in [-0.3, -0.25) is 0 Å². The van der Waals surface area contributed by atoms with Gasteiger partial charge in [0, 0.05) is 0 Å². The number of para-hydroxylation sites is 2. The highest BCUT2D eigenvalue weighted by atomic mass is 16.5. The zero-order valence-electron chi connectivity index (χ0n) is 4.87. The summed E-state index contributed by atoms with van der Waals surface area (Å²) >= 11 is 0. The lowest BCUT2D eigenvalue weighted by molar-refractivity contribution is 0.338. The normalized spacial score (nSPS) is 13.8. The maximum Gasteiger partial charge on any atom is 0.180 e. The maximum atomic E-state index is 5.13. The van der Waals surface area contributed by atoms with Crippen LogP contribution in [0.2, 0.25) is 0 Å². The van der Waals surface area contributed by atoms with Crippen molar-refractivity contribution in [1.82, 2.24) is 5.32 Å². The molecule has 1 aliphatic rings. The molecular weight excluding hydrogens is 114 g/mol. The van der Waals surface area contributed by atoms with Crippen LogP contribution in [0.1, 0.15) is 0 Å². The third kappa shape index (κ3) is 0.633. The van der Waals surface area contributed by atoms with Crippen molar-refractivity contribution in [3.05, 3.63) is 24.3 Å². The van der Waals surface area contributed by atoms with Crippen LogP contribution in [0, 0.1) is 0 Å². The second kappa shape index (κ2) is 1.65. The number of hydrogen-bond acceptors (Lipinski definition) is 1.